The number of rotatable bonds is 7. The molecule has 8 atom stereocenters. The largest absolute Gasteiger partial charge is 0.387 e. The molecule has 1 aromatic heterocycles. The molecule has 1 aromatic rings. The molecular weight excluding hydrogens is 464 g/mol. The van der Waals surface area contributed by atoms with Crippen molar-refractivity contribution >= 4 is 15.6 Å². The molecule has 4 aliphatic carbocycles. The molecule has 4 saturated carbocycles. The van der Waals surface area contributed by atoms with Crippen LogP contribution in [0.3, 0.4) is 0 Å². The highest BCUT2D eigenvalue weighted by atomic mass is 32.2. The van der Waals surface area contributed by atoms with Gasteiger partial charge in [0.1, 0.15) is 4.90 Å². The highest BCUT2D eigenvalue weighted by molar-refractivity contribution is 7.90. The molecule has 4 fully saturated rings. The van der Waals surface area contributed by atoms with E-state index in [1.807, 2.05) is 6.92 Å². The lowest BCUT2D eigenvalue weighted by Gasteiger charge is -2.57. The van der Waals surface area contributed by atoms with E-state index in [1.54, 1.807) is 0 Å². The van der Waals surface area contributed by atoms with E-state index in [2.05, 4.69) is 12.0 Å². The molecule has 1 heterocycles. The van der Waals surface area contributed by atoms with Crippen LogP contribution in [0.25, 0.3) is 0 Å². The molecule has 1 N–H and O–H groups in total. The minimum absolute atomic E-state index is 0.0275. The fourth-order valence-corrected chi connectivity index (χ4v) is 9.36. The lowest BCUT2D eigenvalue weighted by atomic mass is 9.49. The van der Waals surface area contributed by atoms with Crippen LogP contribution in [-0.4, -0.2) is 54.2 Å². The van der Waals surface area contributed by atoms with Crippen molar-refractivity contribution in [3.8, 4) is 0 Å². The van der Waals surface area contributed by atoms with Crippen molar-refractivity contribution in [2.24, 2.45) is 40.9 Å². The van der Waals surface area contributed by atoms with Gasteiger partial charge in [0.2, 0.25) is 0 Å². The van der Waals surface area contributed by atoms with Gasteiger partial charge in [0.25, 0.3) is 0 Å². The summed E-state index contributed by atoms with van der Waals surface area (Å²) < 4.78 is 30.7. The number of carbonyl (C=O) groups excluding carboxylic acids is 1. The van der Waals surface area contributed by atoms with Gasteiger partial charge < -0.3 is 9.84 Å². The minimum Gasteiger partial charge on any atom is -0.387 e. The second kappa shape index (κ2) is 9.25. The van der Waals surface area contributed by atoms with Crippen molar-refractivity contribution in [2.75, 3.05) is 19.5 Å². The first kappa shape index (κ1) is 25.4. The molecule has 35 heavy (non-hydrogen) atoms. The van der Waals surface area contributed by atoms with Crippen LogP contribution in [0.15, 0.2) is 17.3 Å². The zero-order valence-electron chi connectivity index (χ0n) is 21.5. The monoisotopic (exact) mass is 506 g/mol. The van der Waals surface area contributed by atoms with Crippen LogP contribution in [-0.2, 0) is 25.9 Å². The van der Waals surface area contributed by atoms with Gasteiger partial charge in [0.05, 0.1) is 24.9 Å². The van der Waals surface area contributed by atoms with E-state index < -0.39 is 15.4 Å². The van der Waals surface area contributed by atoms with Gasteiger partial charge in [-0.3, -0.25) is 9.48 Å². The number of hydrogen-bond donors (Lipinski definition) is 1. The third-order valence-electron chi connectivity index (χ3n) is 10.4. The summed E-state index contributed by atoms with van der Waals surface area (Å²) >= 11 is 0. The van der Waals surface area contributed by atoms with Gasteiger partial charge in [0.15, 0.2) is 15.6 Å². The van der Waals surface area contributed by atoms with Gasteiger partial charge in [-0.15, -0.1) is 0 Å². The number of ketones is 1. The maximum absolute atomic E-state index is 13.4. The van der Waals surface area contributed by atoms with Gasteiger partial charge in [-0.2, -0.15) is 5.10 Å². The number of Topliss-reactive ketones (excluding diaryl/α,β-unsaturated/α-hetero) is 1. The SMILES string of the molecule is CCOC[C@@]1(O)CC[C@H]2[C@@H](CC[C@@H]3[C@@H]2CC[C@]2(C)[C@@H](C(=O)Cn4cc(S(C)(=O)=O)cn4)CC[C@@H]32)C1. The molecule has 0 aliphatic heterocycles. The maximum atomic E-state index is 13.4. The molecule has 0 saturated heterocycles. The van der Waals surface area contributed by atoms with Crippen molar-refractivity contribution in [1.82, 2.24) is 9.78 Å². The standard InChI is InChI=1S/C27H42N2O5S/c1-4-34-17-27(31)12-10-20-18(13-27)5-6-22-21(20)9-11-26(2)23(22)7-8-24(26)25(30)16-29-15-19(14-28-29)35(3,32)33/h14-15,18,20-24,31H,4-13,16-17H2,1-3H3/t18-,20-,21+,22+,23-,24+,26-,27+/m0/s1. The van der Waals surface area contributed by atoms with Crippen molar-refractivity contribution in [3.63, 3.8) is 0 Å². The molecule has 0 spiro atoms. The molecule has 4 aliphatic rings. The summed E-state index contributed by atoms with van der Waals surface area (Å²) in [5.74, 6) is 3.53. The summed E-state index contributed by atoms with van der Waals surface area (Å²) in [6.07, 6.45) is 13.5. The smallest absolute Gasteiger partial charge is 0.178 e. The van der Waals surface area contributed by atoms with Crippen LogP contribution in [0.5, 0.6) is 0 Å². The van der Waals surface area contributed by atoms with E-state index in [-0.39, 0.29) is 28.6 Å². The predicted octanol–water partition coefficient (Wildman–Crippen LogP) is 3.89. The Morgan fingerprint density at radius 2 is 1.91 bits per heavy atom. The van der Waals surface area contributed by atoms with Crippen molar-refractivity contribution in [2.45, 2.75) is 88.7 Å². The van der Waals surface area contributed by atoms with E-state index >= 15 is 0 Å². The summed E-state index contributed by atoms with van der Waals surface area (Å²) in [6.45, 7) is 5.61. The molecule has 8 heteroatoms. The molecule has 0 unspecified atom stereocenters. The van der Waals surface area contributed by atoms with Crippen LogP contribution in [0.4, 0.5) is 0 Å². The van der Waals surface area contributed by atoms with Gasteiger partial charge in [-0.1, -0.05) is 6.92 Å². The van der Waals surface area contributed by atoms with Gasteiger partial charge in [-0.25, -0.2) is 8.42 Å². The Labute approximate surface area is 209 Å². The third-order valence-corrected chi connectivity index (χ3v) is 11.5. The number of aliphatic hydroxyl groups is 1. The van der Waals surface area contributed by atoms with E-state index in [0.29, 0.717) is 36.9 Å². The fourth-order valence-electron chi connectivity index (χ4n) is 8.81. The Morgan fingerprint density at radius 1 is 1.14 bits per heavy atom. The van der Waals surface area contributed by atoms with E-state index in [9.17, 15) is 18.3 Å². The number of nitrogens with zero attached hydrogens (tertiary/aromatic N) is 2. The van der Waals surface area contributed by atoms with E-state index in [0.717, 1.165) is 50.7 Å². The Balaban J connectivity index is 1.26. The van der Waals surface area contributed by atoms with Crippen molar-refractivity contribution in [3.05, 3.63) is 12.4 Å². The highest BCUT2D eigenvalue weighted by Crippen LogP contribution is 2.64. The molecule has 0 radical (unpaired) electrons. The Morgan fingerprint density at radius 3 is 2.63 bits per heavy atom. The van der Waals surface area contributed by atoms with Crippen molar-refractivity contribution in [1.29, 1.82) is 0 Å². The first-order valence-electron chi connectivity index (χ1n) is 13.6. The molecule has 196 valence electrons. The average Bonchev–Trinajstić information content (AvgIpc) is 3.41. The minimum atomic E-state index is -3.32. The summed E-state index contributed by atoms with van der Waals surface area (Å²) in [6, 6.07) is 0. The maximum Gasteiger partial charge on any atom is 0.178 e. The zero-order chi connectivity index (χ0) is 25.0. The van der Waals surface area contributed by atoms with E-state index in [4.69, 9.17) is 4.74 Å². The Hall–Kier alpha value is -1.25. The number of sulfone groups is 1. The summed E-state index contributed by atoms with van der Waals surface area (Å²) in [5, 5.41) is 15.2. The number of ether oxygens (including phenoxy) is 1. The van der Waals surface area contributed by atoms with Gasteiger partial charge >= 0.3 is 0 Å². The molecule has 0 aromatic carbocycles. The second-order valence-electron chi connectivity index (χ2n) is 12.3. The lowest BCUT2D eigenvalue weighted by Crippen LogP contribution is -2.52. The van der Waals surface area contributed by atoms with E-state index in [1.165, 1.54) is 36.3 Å². The number of fused-ring (bicyclic) bond motifs is 5. The summed E-state index contributed by atoms with van der Waals surface area (Å²) in [5.41, 5.74) is -0.621. The van der Waals surface area contributed by atoms with Gasteiger partial charge in [-0.05, 0) is 99.7 Å². The molecule has 0 amide bonds. The van der Waals surface area contributed by atoms with Crippen molar-refractivity contribution < 1.29 is 23.1 Å². The number of carbonyl (C=O) groups is 1. The molecule has 5 rings (SSSR count). The van der Waals surface area contributed by atoms with Crippen LogP contribution >= 0.6 is 0 Å². The Bertz CT molecular complexity index is 1050. The number of aromatic nitrogens is 2. The number of hydrogen-bond acceptors (Lipinski definition) is 6. The fraction of sp³-hybridized carbons (Fsp3) is 0.852. The Kier molecular flexibility index (Phi) is 6.71. The summed E-state index contributed by atoms with van der Waals surface area (Å²) in [4.78, 5) is 13.6. The zero-order valence-corrected chi connectivity index (χ0v) is 22.3. The first-order valence-corrected chi connectivity index (χ1v) is 15.5. The molecular formula is C27H42N2O5S. The topological polar surface area (TPSA) is 98.5 Å². The predicted molar refractivity (Wildman–Crippen MR) is 132 cm³/mol. The molecule has 0 bridgehead atoms. The normalized spacial score (nSPS) is 41.1. The quantitative estimate of drug-likeness (QED) is 0.602. The van der Waals surface area contributed by atoms with Crippen LogP contribution < -0.4 is 0 Å². The van der Waals surface area contributed by atoms with Crippen LogP contribution in [0, 0.1) is 40.9 Å². The second-order valence-corrected chi connectivity index (χ2v) is 14.3. The van der Waals surface area contributed by atoms with Gasteiger partial charge in [0, 0.05) is 25.0 Å². The average molecular weight is 507 g/mol. The lowest BCUT2D eigenvalue weighted by molar-refractivity contribution is -0.138. The summed E-state index contributed by atoms with van der Waals surface area (Å²) in [7, 11) is -3.32. The van der Waals surface area contributed by atoms with Crippen LogP contribution in [0.2, 0.25) is 0 Å². The first-order chi connectivity index (χ1) is 16.5. The molecule has 7 nitrogen and oxygen atoms in total. The third kappa shape index (κ3) is 4.63. The highest BCUT2D eigenvalue weighted by Gasteiger charge is 2.59. The van der Waals surface area contributed by atoms with Crippen LogP contribution in [0.1, 0.15) is 71.6 Å².